The summed E-state index contributed by atoms with van der Waals surface area (Å²) in [4.78, 5) is 0. The maximum absolute atomic E-state index is 6.08. The van der Waals surface area contributed by atoms with Crippen LogP contribution in [-0.4, -0.2) is 13.7 Å². The summed E-state index contributed by atoms with van der Waals surface area (Å²) >= 11 is 12.0. The molecular formula is C17H19Cl2NO. The SMILES string of the molecule is CCOc1cccc(C(Cc2ccc(Cl)c(Cl)c2)NC)c1. The molecule has 112 valence electrons. The summed E-state index contributed by atoms with van der Waals surface area (Å²) in [6.07, 6.45) is 0.836. The summed E-state index contributed by atoms with van der Waals surface area (Å²) in [6, 6.07) is 14.1. The second-order valence-corrected chi connectivity index (χ2v) is 5.61. The van der Waals surface area contributed by atoms with Crippen molar-refractivity contribution < 1.29 is 4.74 Å². The van der Waals surface area contributed by atoms with Crippen molar-refractivity contribution in [1.29, 1.82) is 0 Å². The summed E-state index contributed by atoms with van der Waals surface area (Å²) in [5.41, 5.74) is 2.33. The highest BCUT2D eigenvalue weighted by Crippen LogP contribution is 2.26. The van der Waals surface area contributed by atoms with Crippen molar-refractivity contribution in [3.8, 4) is 5.75 Å². The molecule has 0 heterocycles. The second-order valence-electron chi connectivity index (χ2n) is 4.80. The largest absolute Gasteiger partial charge is 0.494 e. The third-order valence-corrected chi connectivity index (χ3v) is 4.08. The van der Waals surface area contributed by atoms with Gasteiger partial charge in [0.05, 0.1) is 16.7 Å². The molecule has 0 aromatic heterocycles. The van der Waals surface area contributed by atoms with Gasteiger partial charge in [0.25, 0.3) is 0 Å². The van der Waals surface area contributed by atoms with Crippen LogP contribution in [0.4, 0.5) is 0 Å². The van der Waals surface area contributed by atoms with Crippen LogP contribution in [0.3, 0.4) is 0 Å². The molecule has 0 saturated heterocycles. The van der Waals surface area contributed by atoms with E-state index in [2.05, 4.69) is 17.4 Å². The summed E-state index contributed by atoms with van der Waals surface area (Å²) in [5, 5.41) is 4.51. The zero-order valence-corrected chi connectivity index (χ0v) is 13.7. The first-order valence-corrected chi connectivity index (χ1v) is 7.73. The van der Waals surface area contributed by atoms with Crippen LogP contribution in [0.2, 0.25) is 10.0 Å². The van der Waals surface area contributed by atoms with Crippen molar-refractivity contribution in [1.82, 2.24) is 5.32 Å². The Balaban J connectivity index is 2.19. The van der Waals surface area contributed by atoms with Gasteiger partial charge in [-0.15, -0.1) is 0 Å². The Morgan fingerprint density at radius 2 is 1.90 bits per heavy atom. The van der Waals surface area contributed by atoms with E-state index >= 15 is 0 Å². The number of halogens is 2. The number of benzene rings is 2. The standard InChI is InChI=1S/C17H19Cl2NO/c1-3-21-14-6-4-5-13(11-14)17(20-2)10-12-7-8-15(18)16(19)9-12/h4-9,11,17,20H,3,10H2,1-2H3. The zero-order valence-electron chi connectivity index (χ0n) is 12.2. The molecule has 1 N–H and O–H groups in total. The molecule has 0 bridgehead atoms. The number of hydrogen-bond donors (Lipinski definition) is 1. The molecule has 0 aliphatic heterocycles. The van der Waals surface area contributed by atoms with Gasteiger partial charge in [0.2, 0.25) is 0 Å². The predicted molar refractivity (Wildman–Crippen MR) is 89.6 cm³/mol. The normalized spacial score (nSPS) is 12.2. The topological polar surface area (TPSA) is 21.3 Å². The van der Waals surface area contributed by atoms with Crippen LogP contribution in [0, 0.1) is 0 Å². The van der Waals surface area contributed by atoms with Gasteiger partial charge in [-0.25, -0.2) is 0 Å². The molecular weight excluding hydrogens is 305 g/mol. The summed E-state index contributed by atoms with van der Waals surface area (Å²) in [7, 11) is 1.95. The Morgan fingerprint density at radius 1 is 1.10 bits per heavy atom. The first-order valence-electron chi connectivity index (χ1n) is 6.98. The number of hydrogen-bond acceptors (Lipinski definition) is 2. The predicted octanol–water partition coefficient (Wildman–Crippen LogP) is 4.90. The lowest BCUT2D eigenvalue weighted by atomic mass is 9.99. The van der Waals surface area contributed by atoms with Gasteiger partial charge < -0.3 is 10.1 Å². The fourth-order valence-electron chi connectivity index (χ4n) is 2.28. The van der Waals surface area contributed by atoms with Crippen molar-refractivity contribution >= 4 is 23.2 Å². The Bertz CT molecular complexity index is 601. The van der Waals surface area contributed by atoms with Crippen LogP contribution in [0.1, 0.15) is 24.1 Å². The number of ether oxygens (including phenoxy) is 1. The maximum Gasteiger partial charge on any atom is 0.119 e. The van der Waals surface area contributed by atoms with Gasteiger partial charge in [-0.3, -0.25) is 0 Å². The number of nitrogens with one attached hydrogen (secondary N) is 1. The lowest BCUT2D eigenvalue weighted by Gasteiger charge is -2.18. The Labute approximate surface area is 136 Å². The van der Waals surface area contributed by atoms with Gasteiger partial charge >= 0.3 is 0 Å². The monoisotopic (exact) mass is 323 g/mol. The van der Waals surface area contributed by atoms with Crippen LogP contribution < -0.4 is 10.1 Å². The zero-order chi connectivity index (χ0) is 15.2. The van der Waals surface area contributed by atoms with E-state index in [4.69, 9.17) is 27.9 Å². The van der Waals surface area contributed by atoms with Crippen LogP contribution >= 0.6 is 23.2 Å². The molecule has 0 spiro atoms. The molecule has 21 heavy (non-hydrogen) atoms. The van der Waals surface area contributed by atoms with Crippen molar-refractivity contribution in [3.05, 3.63) is 63.6 Å². The minimum absolute atomic E-state index is 0.197. The molecule has 2 nitrogen and oxygen atoms in total. The number of rotatable bonds is 6. The van der Waals surface area contributed by atoms with E-state index < -0.39 is 0 Å². The first kappa shape index (κ1) is 16.2. The van der Waals surface area contributed by atoms with Gasteiger partial charge in [-0.05, 0) is 55.8 Å². The highest BCUT2D eigenvalue weighted by molar-refractivity contribution is 6.42. The summed E-state index contributed by atoms with van der Waals surface area (Å²) < 4.78 is 5.56. The average molecular weight is 324 g/mol. The second kappa shape index (κ2) is 7.69. The molecule has 1 unspecified atom stereocenters. The molecule has 1 atom stereocenters. The van der Waals surface area contributed by atoms with E-state index in [0.29, 0.717) is 16.7 Å². The summed E-state index contributed by atoms with van der Waals surface area (Å²) in [6.45, 7) is 2.65. The fraction of sp³-hybridized carbons (Fsp3) is 0.294. The van der Waals surface area contributed by atoms with Gasteiger partial charge in [-0.1, -0.05) is 41.4 Å². The Kier molecular flexibility index (Phi) is 5.92. The number of likely N-dealkylation sites (N-methyl/N-ethyl adjacent to an activating group) is 1. The van der Waals surface area contributed by atoms with E-state index in [-0.39, 0.29) is 6.04 Å². The summed E-state index contributed by atoms with van der Waals surface area (Å²) in [5.74, 6) is 0.893. The van der Waals surface area contributed by atoms with Gasteiger partial charge in [0, 0.05) is 6.04 Å². The van der Waals surface area contributed by atoms with Gasteiger partial charge in [0.15, 0.2) is 0 Å². The van der Waals surface area contributed by atoms with Crippen LogP contribution in [0.25, 0.3) is 0 Å². The smallest absolute Gasteiger partial charge is 0.119 e. The molecule has 0 fully saturated rings. The van der Waals surface area contributed by atoms with Crippen LogP contribution in [0.15, 0.2) is 42.5 Å². The van der Waals surface area contributed by atoms with E-state index in [1.807, 2.05) is 44.3 Å². The fourth-order valence-corrected chi connectivity index (χ4v) is 2.60. The van der Waals surface area contributed by atoms with E-state index in [1.165, 1.54) is 5.56 Å². The molecule has 2 aromatic carbocycles. The quantitative estimate of drug-likeness (QED) is 0.816. The van der Waals surface area contributed by atoms with Crippen molar-refractivity contribution in [2.45, 2.75) is 19.4 Å². The van der Waals surface area contributed by atoms with Crippen molar-refractivity contribution in [3.63, 3.8) is 0 Å². The van der Waals surface area contributed by atoms with E-state index in [0.717, 1.165) is 17.7 Å². The lowest BCUT2D eigenvalue weighted by molar-refractivity contribution is 0.339. The third-order valence-electron chi connectivity index (χ3n) is 3.34. The molecule has 4 heteroatoms. The van der Waals surface area contributed by atoms with Gasteiger partial charge in [0.1, 0.15) is 5.75 Å². The third kappa shape index (κ3) is 4.37. The minimum Gasteiger partial charge on any atom is -0.494 e. The van der Waals surface area contributed by atoms with E-state index in [1.54, 1.807) is 0 Å². The average Bonchev–Trinajstić information content (AvgIpc) is 2.49. The van der Waals surface area contributed by atoms with Crippen molar-refractivity contribution in [2.24, 2.45) is 0 Å². The molecule has 0 amide bonds. The van der Waals surface area contributed by atoms with Gasteiger partial charge in [-0.2, -0.15) is 0 Å². The highest BCUT2D eigenvalue weighted by atomic mass is 35.5. The Hall–Kier alpha value is -1.22. The first-order chi connectivity index (χ1) is 10.1. The Morgan fingerprint density at radius 3 is 2.57 bits per heavy atom. The lowest BCUT2D eigenvalue weighted by Crippen LogP contribution is -2.18. The van der Waals surface area contributed by atoms with E-state index in [9.17, 15) is 0 Å². The van der Waals surface area contributed by atoms with Crippen molar-refractivity contribution in [2.75, 3.05) is 13.7 Å². The molecule has 0 radical (unpaired) electrons. The van der Waals surface area contributed by atoms with Crippen LogP contribution in [0.5, 0.6) is 5.75 Å². The maximum atomic E-state index is 6.08. The molecule has 2 rings (SSSR count). The minimum atomic E-state index is 0.197. The molecule has 0 aliphatic rings. The van der Waals surface area contributed by atoms with Crippen LogP contribution in [-0.2, 0) is 6.42 Å². The molecule has 0 saturated carbocycles. The molecule has 2 aromatic rings. The highest BCUT2D eigenvalue weighted by Gasteiger charge is 2.12. The molecule has 0 aliphatic carbocycles.